The summed E-state index contributed by atoms with van der Waals surface area (Å²) in [7, 11) is 0. The van der Waals surface area contributed by atoms with Crippen molar-refractivity contribution in [1.82, 2.24) is 0 Å². The molecule has 0 fully saturated rings. The summed E-state index contributed by atoms with van der Waals surface area (Å²) in [4.78, 5) is 0. The zero-order valence-electron chi connectivity index (χ0n) is 10.2. The van der Waals surface area contributed by atoms with Crippen LogP contribution < -0.4 is 5.32 Å². The molecule has 2 N–H and O–H groups in total. The number of phenols is 1. The third-order valence-electron chi connectivity index (χ3n) is 2.71. The number of benzene rings is 2. The lowest BCUT2D eigenvalue weighted by Gasteiger charge is -2.12. The summed E-state index contributed by atoms with van der Waals surface area (Å²) in [6.07, 6.45) is 0. The summed E-state index contributed by atoms with van der Waals surface area (Å²) < 4.78 is 66.3. The van der Waals surface area contributed by atoms with Crippen molar-refractivity contribution in [3.8, 4) is 5.75 Å². The molecule has 0 saturated heterocycles. The number of phenolic OH excluding ortho intramolecular Hbond substituents is 1. The van der Waals surface area contributed by atoms with E-state index in [1.165, 1.54) is 18.2 Å². The summed E-state index contributed by atoms with van der Waals surface area (Å²) in [5.41, 5.74) is -0.931. The van der Waals surface area contributed by atoms with Gasteiger partial charge >= 0.3 is 0 Å². The van der Waals surface area contributed by atoms with Gasteiger partial charge in [0.2, 0.25) is 5.82 Å². The van der Waals surface area contributed by atoms with Gasteiger partial charge in [-0.3, -0.25) is 0 Å². The number of rotatable bonds is 3. The minimum absolute atomic E-state index is 0.186. The van der Waals surface area contributed by atoms with Crippen LogP contribution in [0.1, 0.15) is 5.56 Å². The van der Waals surface area contributed by atoms with Crippen LogP contribution in [-0.2, 0) is 6.54 Å². The highest BCUT2D eigenvalue weighted by Gasteiger charge is 2.25. The van der Waals surface area contributed by atoms with Crippen molar-refractivity contribution in [2.45, 2.75) is 6.54 Å². The van der Waals surface area contributed by atoms with E-state index in [9.17, 15) is 27.1 Å². The number of halogens is 6. The van der Waals surface area contributed by atoms with Crippen LogP contribution in [0.15, 0.2) is 22.7 Å². The average Bonchev–Trinajstić information content (AvgIpc) is 2.46. The Balaban J connectivity index is 2.35. The van der Waals surface area contributed by atoms with Crippen LogP contribution in [0.5, 0.6) is 5.75 Å². The normalized spacial score (nSPS) is 10.8. The second kappa shape index (κ2) is 5.88. The van der Waals surface area contributed by atoms with Crippen molar-refractivity contribution in [3.63, 3.8) is 0 Å². The van der Waals surface area contributed by atoms with Gasteiger partial charge in [-0.25, -0.2) is 22.0 Å². The lowest BCUT2D eigenvalue weighted by atomic mass is 10.2. The highest BCUT2D eigenvalue weighted by atomic mass is 79.9. The number of hydrogen-bond donors (Lipinski definition) is 2. The zero-order chi connectivity index (χ0) is 15.7. The monoisotopic (exact) mass is 367 g/mol. The smallest absolute Gasteiger partial charge is 0.200 e. The Morgan fingerprint density at radius 2 is 1.43 bits per heavy atom. The SMILES string of the molecule is Oc1ccc(Br)cc1CNc1c(F)c(F)c(F)c(F)c1F. The van der Waals surface area contributed by atoms with E-state index in [4.69, 9.17) is 0 Å². The van der Waals surface area contributed by atoms with E-state index in [1.54, 1.807) is 0 Å². The fourth-order valence-corrected chi connectivity index (χ4v) is 2.05. The summed E-state index contributed by atoms with van der Waals surface area (Å²) >= 11 is 3.13. The highest BCUT2D eigenvalue weighted by Crippen LogP contribution is 2.29. The predicted molar refractivity (Wildman–Crippen MR) is 69.4 cm³/mol. The molecule has 0 aliphatic rings. The molecule has 2 aromatic carbocycles. The molecular formula is C13H7BrF5NO. The number of aromatic hydroxyl groups is 1. The highest BCUT2D eigenvalue weighted by molar-refractivity contribution is 9.10. The van der Waals surface area contributed by atoms with Crippen LogP contribution in [0.4, 0.5) is 27.6 Å². The molecule has 0 bridgehead atoms. The Morgan fingerprint density at radius 1 is 0.905 bits per heavy atom. The van der Waals surface area contributed by atoms with Gasteiger partial charge < -0.3 is 10.4 Å². The molecular weight excluding hydrogens is 361 g/mol. The van der Waals surface area contributed by atoms with Crippen molar-refractivity contribution in [3.05, 3.63) is 57.3 Å². The van der Waals surface area contributed by atoms with Crippen LogP contribution in [0, 0.1) is 29.1 Å². The van der Waals surface area contributed by atoms with Gasteiger partial charge in [-0.2, -0.15) is 0 Å². The third-order valence-corrected chi connectivity index (χ3v) is 3.20. The first-order valence-electron chi connectivity index (χ1n) is 5.55. The molecule has 112 valence electrons. The Kier molecular flexibility index (Phi) is 4.36. The molecule has 0 amide bonds. The lowest BCUT2D eigenvalue weighted by Crippen LogP contribution is -2.10. The van der Waals surface area contributed by atoms with Gasteiger partial charge in [0.1, 0.15) is 11.4 Å². The van der Waals surface area contributed by atoms with E-state index in [0.29, 0.717) is 4.47 Å². The quantitative estimate of drug-likeness (QED) is 0.476. The van der Waals surface area contributed by atoms with Crippen molar-refractivity contribution in [2.24, 2.45) is 0 Å². The first-order chi connectivity index (χ1) is 9.82. The molecule has 0 aliphatic carbocycles. The molecule has 0 spiro atoms. The molecule has 0 aromatic heterocycles. The van der Waals surface area contributed by atoms with Crippen LogP contribution in [0.2, 0.25) is 0 Å². The first-order valence-corrected chi connectivity index (χ1v) is 6.35. The van der Waals surface area contributed by atoms with Crippen LogP contribution >= 0.6 is 15.9 Å². The summed E-state index contributed by atoms with van der Waals surface area (Å²) in [5.74, 6) is -10.4. The van der Waals surface area contributed by atoms with E-state index in [2.05, 4.69) is 21.2 Å². The molecule has 0 unspecified atom stereocenters. The van der Waals surface area contributed by atoms with Gasteiger partial charge in [0, 0.05) is 16.6 Å². The second-order valence-electron chi connectivity index (χ2n) is 4.07. The zero-order valence-corrected chi connectivity index (χ0v) is 11.7. The fraction of sp³-hybridized carbons (Fsp3) is 0.0769. The standard InChI is InChI=1S/C13H7BrF5NO/c14-6-1-2-7(21)5(3-6)4-20-13-11(18)9(16)8(15)10(17)12(13)19/h1-3,20-21H,4H2. The molecule has 2 aromatic rings. The topological polar surface area (TPSA) is 32.3 Å². The van der Waals surface area contributed by atoms with Gasteiger partial charge in [-0.15, -0.1) is 0 Å². The van der Waals surface area contributed by atoms with Gasteiger partial charge in [0.25, 0.3) is 0 Å². The third kappa shape index (κ3) is 2.94. The maximum Gasteiger partial charge on any atom is 0.200 e. The van der Waals surface area contributed by atoms with Gasteiger partial charge in [0.15, 0.2) is 23.3 Å². The van der Waals surface area contributed by atoms with E-state index in [0.717, 1.165) is 0 Å². The van der Waals surface area contributed by atoms with Crippen LogP contribution in [0.25, 0.3) is 0 Å². The molecule has 0 atom stereocenters. The van der Waals surface area contributed by atoms with Crippen molar-refractivity contribution in [1.29, 1.82) is 0 Å². The van der Waals surface area contributed by atoms with Crippen LogP contribution in [-0.4, -0.2) is 5.11 Å². The van der Waals surface area contributed by atoms with E-state index in [1.807, 2.05) is 0 Å². The van der Waals surface area contributed by atoms with Gasteiger partial charge in [-0.1, -0.05) is 15.9 Å². The van der Waals surface area contributed by atoms with E-state index < -0.39 is 34.8 Å². The molecule has 21 heavy (non-hydrogen) atoms. The van der Waals surface area contributed by atoms with Crippen molar-refractivity contribution < 1.29 is 27.1 Å². The van der Waals surface area contributed by atoms with E-state index >= 15 is 0 Å². The molecule has 0 aliphatic heterocycles. The number of nitrogens with one attached hydrogen (secondary N) is 1. The fourth-order valence-electron chi connectivity index (χ4n) is 1.64. The average molecular weight is 368 g/mol. The Morgan fingerprint density at radius 3 is 2.00 bits per heavy atom. The maximum atomic E-state index is 13.4. The molecule has 0 radical (unpaired) electrons. The molecule has 2 nitrogen and oxygen atoms in total. The molecule has 2 rings (SSSR count). The molecule has 0 saturated carbocycles. The largest absolute Gasteiger partial charge is 0.508 e. The minimum atomic E-state index is -2.22. The van der Waals surface area contributed by atoms with E-state index in [-0.39, 0.29) is 17.9 Å². The van der Waals surface area contributed by atoms with Crippen molar-refractivity contribution >= 4 is 21.6 Å². The maximum absolute atomic E-state index is 13.4. The molecule has 8 heteroatoms. The summed E-state index contributed by atoms with van der Waals surface area (Å²) in [6, 6.07) is 4.28. The Bertz CT molecular complexity index is 678. The Labute approximate surface area is 124 Å². The number of anilines is 1. The van der Waals surface area contributed by atoms with Gasteiger partial charge in [0.05, 0.1) is 0 Å². The van der Waals surface area contributed by atoms with Crippen LogP contribution in [0.3, 0.4) is 0 Å². The summed E-state index contributed by atoms with van der Waals surface area (Å²) in [6.45, 7) is -0.330. The predicted octanol–water partition coefficient (Wildman–Crippen LogP) is 4.46. The second-order valence-corrected chi connectivity index (χ2v) is 4.99. The van der Waals surface area contributed by atoms with Crippen molar-refractivity contribution in [2.75, 3.05) is 5.32 Å². The van der Waals surface area contributed by atoms with Gasteiger partial charge in [-0.05, 0) is 18.2 Å². The summed E-state index contributed by atoms with van der Waals surface area (Å²) in [5, 5.41) is 11.6. The Hall–Kier alpha value is -1.83. The first kappa shape index (κ1) is 15.6. The lowest BCUT2D eigenvalue weighted by molar-refractivity contribution is 0.381. The number of hydrogen-bond acceptors (Lipinski definition) is 2. The minimum Gasteiger partial charge on any atom is -0.508 e. The molecule has 0 heterocycles.